The molecule has 27 heavy (non-hydrogen) atoms. The molecule has 1 fully saturated rings. The van der Waals surface area contributed by atoms with Crippen molar-refractivity contribution in [2.24, 2.45) is 0 Å². The summed E-state index contributed by atoms with van der Waals surface area (Å²) in [6.07, 6.45) is 4.10. The molecule has 1 aliphatic rings. The first-order chi connectivity index (χ1) is 13.1. The van der Waals surface area contributed by atoms with E-state index < -0.39 is 0 Å². The maximum absolute atomic E-state index is 12.9. The molecule has 1 N–H and O–H groups in total. The summed E-state index contributed by atoms with van der Waals surface area (Å²) in [5.74, 6) is 1.51. The SMILES string of the molecule is COc1ccc2[nH]cc(C3CCN(C(=O)c4ccc(C)cc4C)CC3)c2c1. The van der Waals surface area contributed by atoms with Gasteiger partial charge in [-0.1, -0.05) is 17.7 Å². The maximum Gasteiger partial charge on any atom is 0.254 e. The number of likely N-dealkylation sites (tertiary alicyclic amines) is 1. The number of piperidine rings is 1. The van der Waals surface area contributed by atoms with E-state index in [4.69, 9.17) is 4.74 Å². The first-order valence-corrected chi connectivity index (χ1v) is 9.58. The molecule has 4 rings (SSSR count). The average Bonchev–Trinajstić information content (AvgIpc) is 3.10. The summed E-state index contributed by atoms with van der Waals surface area (Å²) in [5, 5.41) is 1.23. The normalized spacial score (nSPS) is 15.3. The minimum atomic E-state index is 0.159. The van der Waals surface area contributed by atoms with Crippen LogP contribution in [0.25, 0.3) is 10.9 Å². The van der Waals surface area contributed by atoms with Gasteiger partial charge in [0.1, 0.15) is 5.75 Å². The number of aromatic nitrogens is 1. The van der Waals surface area contributed by atoms with Gasteiger partial charge in [0, 0.05) is 35.8 Å². The zero-order valence-corrected chi connectivity index (χ0v) is 16.2. The molecule has 4 heteroatoms. The number of ether oxygens (including phenoxy) is 1. The van der Waals surface area contributed by atoms with E-state index in [0.717, 1.165) is 48.3 Å². The van der Waals surface area contributed by atoms with Crippen molar-refractivity contribution in [2.75, 3.05) is 20.2 Å². The highest BCUT2D eigenvalue weighted by Gasteiger charge is 2.26. The van der Waals surface area contributed by atoms with Crippen LogP contribution in [-0.4, -0.2) is 36.0 Å². The van der Waals surface area contributed by atoms with Crippen molar-refractivity contribution in [3.8, 4) is 5.75 Å². The number of nitrogens with one attached hydrogen (secondary N) is 1. The van der Waals surface area contributed by atoms with Gasteiger partial charge < -0.3 is 14.6 Å². The Hall–Kier alpha value is -2.75. The van der Waals surface area contributed by atoms with Gasteiger partial charge in [-0.05, 0) is 68.0 Å². The minimum Gasteiger partial charge on any atom is -0.497 e. The van der Waals surface area contributed by atoms with Crippen LogP contribution in [0.5, 0.6) is 5.75 Å². The number of amides is 1. The number of benzene rings is 2. The number of nitrogens with zero attached hydrogens (tertiary/aromatic N) is 1. The number of aromatic amines is 1. The summed E-state index contributed by atoms with van der Waals surface area (Å²) in [7, 11) is 1.70. The number of hydrogen-bond acceptors (Lipinski definition) is 2. The molecular formula is C23H26N2O2. The van der Waals surface area contributed by atoms with Crippen LogP contribution < -0.4 is 4.74 Å². The van der Waals surface area contributed by atoms with E-state index in [1.54, 1.807) is 7.11 Å². The molecule has 0 unspecified atom stereocenters. The number of H-pyrrole nitrogens is 1. The van der Waals surface area contributed by atoms with Gasteiger partial charge in [0.2, 0.25) is 0 Å². The second-order valence-electron chi connectivity index (χ2n) is 7.54. The van der Waals surface area contributed by atoms with E-state index in [2.05, 4.69) is 36.3 Å². The van der Waals surface area contributed by atoms with Crippen LogP contribution in [0.15, 0.2) is 42.6 Å². The lowest BCUT2D eigenvalue weighted by Gasteiger charge is -2.32. The Balaban J connectivity index is 1.50. The van der Waals surface area contributed by atoms with Gasteiger partial charge in [0.15, 0.2) is 0 Å². The van der Waals surface area contributed by atoms with Gasteiger partial charge in [-0.25, -0.2) is 0 Å². The summed E-state index contributed by atoms with van der Waals surface area (Å²) in [6, 6.07) is 12.2. The van der Waals surface area contributed by atoms with E-state index in [0.29, 0.717) is 5.92 Å². The van der Waals surface area contributed by atoms with Crippen molar-refractivity contribution in [1.82, 2.24) is 9.88 Å². The molecule has 0 saturated carbocycles. The van der Waals surface area contributed by atoms with Crippen molar-refractivity contribution in [1.29, 1.82) is 0 Å². The zero-order valence-electron chi connectivity index (χ0n) is 16.2. The molecule has 0 aliphatic carbocycles. The van der Waals surface area contributed by atoms with Crippen LogP contribution in [0.3, 0.4) is 0 Å². The number of fused-ring (bicyclic) bond motifs is 1. The number of carbonyl (C=O) groups is 1. The fourth-order valence-electron chi connectivity index (χ4n) is 4.20. The predicted octanol–water partition coefficient (Wildman–Crippen LogP) is 4.81. The molecule has 1 saturated heterocycles. The third kappa shape index (κ3) is 3.32. The first kappa shape index (κ1) is 17.7. The quantitative estimate of drug-likeness (QED) is 0.726. The second kappa shape index (κ2) is 7.10. The van der Waals surface area contributed by atoms with Crippen LogP contribution in [-0.2, 0) is 0 Å². The smallest absolute Gasteiger partial charge is 0.254 e. The molecule has 0 spiro atoms. The molecule has 0 bridgehead atoms. The van der Waals surface area contributed by atoms with E-state index in [1.165, 1.54) is 16.5 Å². The first-order valence-electron chi connectivity index (χ1n) is 9.58. The fourth-order valence-corrected chi connectivity index (χ4v) is 4.20. The lowest BCUT2D eigenvalue weighted by Crippen LogP contribution is -2.38. The van der Waals surface area contributed by atoms with Crippen molar-refractivity contribution in [3.63, 3.8) is 0 Å². The van der Waals surface area contributed by atoms with Crippen LogP contribution >= 0.6 is 0 Å². The molecule has 3 aromatic rings. The third-order valence-electron chi connectivity index (χ3n) is 5.76. The van der Waals surface area contributed by atoms with E-state index >= 15 is 0 Å². The van der Waals surface area contributed by atoms with Gasteiger partial charge in [0.05, 0.1) is 7.11 Å². The Labute approximate surface area is 160 Å². The average molecular weight is 362 g/mol. The van der Waals surface area contributed by atoms with Gasteiger partial charge in [-0.15, -0.1) is 0 Å². The number of methoxy groups -OCH3 is 1. The minimum absolute atomic E-state index is 0.159. The Morgan fingerprint density at radius 2 is 1.89 bits per heavy atom. The van der Waals surface area contributed by atoms with E-state index in [9.17, 15) is 4.79 Å². The zero-order chi connectivity index (χ0) is 19.0. The van der Waals surface area contributed by atoms with Crippen molar-refractivity contribution < 1.29 is 9.53 Å². The molecular weight excluding hydrogens is 336 g/mol. The molecule has 0 atom stereocenters. The van der Waals surface area contributed by atoms with E-state index in [1.807, 2.05) is 30.0 Å². The molecule has 2 heterocycles. The summed E-state index contributed by atoms with van der Waals surface area (Å²) in [6.45, 7) is 5.68. The maximum atomic E-state index is 12.9. The van der Waals surface area contributed by atoms with Crippen molar-refractivity contribution >= 4 is 16.8 Å². The van der Waals surface area contributed by atoms with Gasteiger partial charge in [-0.3, -0.25) is 4.79 Å². The van der Waals surface area contributed by atoms with Crippen LogP contribution in [0.4, 0.5) is 0 Å². The Bertz CT molecular complexity index is 981. The molecule has 1 amide bonds. The summed E-state index contributed by atoms with van der Waals surface area (Å²) < 4.78 is 5.38. The van der Waals surface area contributed by atoms with E-state index in [-0.39, 0.29) is 5.91 Å². The highest BCUT2D eigenvalue weighted by Crippen LogP contribution is 2.35. The Morgan fingerprint density at radius 1 is 1.11 bits per heavy atom. The van der Waals surface area contributed by atoms with Gasteiger partial charge >= 0.3 is 0 Å². The topological polar surface area (TPSA) is 45.3 Å². The molecule has 2 aromatic carbocycles. The number of rotatable bonds is 3. The second-order valence-corrected chi connectivity index (χ2v) is 7.54. The highest BCUT2D eigenvalue weighted by atomic mass is 16.5. The van der Waals surface area contributed by atoms with Crippen LogP contribution in [0.2, 0.25) is 0 Å². The Kier molecular flexibility index (Phi) is 4.65. The standard InChI is InChI=1S/C23H26N2O2/c1-15-4-6-19(16(2)12-15)23(26)25-10-8-17(9-11-25)21-14-24-22-7-5-18(27-3)13-20(21)22/h4-7,12-14,17,24H,8-11H2,1-3H3. The summed E-state index contributed by atoms with van der Waals surface area (Å²) in [4.78, 5) is 18.3. The predicted molar refractivity (Wildman–Crippen MR) is 109 cm³/mol. The van der Waals surface area contributed by atoms with Gasteiger partial charge in [-0.2, -0.15) is 0 Å². The fraction of sp³-hybridized carbons (Fsp3) is 0.348. The number of carbonyl (C=O) groups excluding carboxylic acids is 1. The molecule has 1 aromatic heterocycles. The van der Waals surface area contributed by atoms with Crippen molar-refractivity contribution in [3.05, 3.63) is 64.8 Å². The lowest BCUT2D eigenvalue weighted by molar-refractivity contribution is 0.0712. The largest absolute Gasteiger partial charge is 0.497 e. The molecule has 0 radical (unpaired) electrons. The van der Waals surface area contributed by atoms with Gasteiger partial charge in [0.25, 0.3) is 5.91 Å². The lowest BCUT2D eigenvalue weighted by atomic mass is 9.88. The molecule has 1 aliphatic heterocycles. The number of hydrogen-bond donors (Lipinski definition) is 1. The van der Waals surface area contributed by atoms with Crippen LogP contribution in [0.1, 0.15) is 45.8 Å². The molecule has 140 valence electrons. The Morgan fingerprint density at radius 3 is 2.59 bits per heavy atom. The third-order valence-corrected chi connectivity index (χ3v) is 5.76. The monoisotopic (exact) mass is 362 g/mol. The van der Waals surface area contributed by atoms with Crippen LogP contribution in [0, 0.1) is 13.8 Å². The molecule has 4 nitrogen and oxygen atoms in total. The highest BCUT2D eigenvalue weighted by molar-refractivity contribution is 5.95. The summed E-state index contributed by atoms with van der Waals surface area (Å²) >= 11 is 0. The number of aryl methyl sites for hydroxylation is 2. The van der Waals surface area contributed by atoms with Crippen molar-refractivity contribution in [2.45, 2.75) is 32.6 Å². The summed E-state index contributed by atoms with van der Waals surface area (Å²) in [5.41, 5.74) is 5.56.